The number of aliphatic carboxylic acids is 1. The standard InChI is InChI=1S/C26H30N2O5/c1-2-18(13-24(29)28(15-25(30)31)14-17-11-12-17)27-26(32)33-16-23-21-9-5-3-7-19(21)20-8-4-6-10-22(20)23/h3-10,17-18,23H,2,11-16H2,1H3,(H,27,32)(H,30,31)/t18-/m0/s1. The van der Waals surface area contributed by atoms with Crippen LogP contribution in [0.3, 0.4) is 0 Å². The van der Waals surface area contributed by atoms with Gasteiger partial charge in [0.1, 0.15) is 13.2 Å². The van der Waals surface area contributed by atoms with Crippen LogP contribution in [-0.2, 0) is 14.3 Å². The van der Waals surface area contributed by atoms with E-state index in [2.05, 4.69) is 29.6 Å². The second-order valence-corrected chi connectivity index (χ2v) is 8.89. The third kappa shape index (κ3) is 5.53. The first kappa shape index (κ1) is 22.8. The van der Waals surface area contributed by atoms with Gasteiger partial charge in [-0.25, -0.2) is 4.79 Å². The summed E-state index contributed by atoms with van der Waals surface area (Å²) < 4.78 is 5.58. The van der Waals surface area contributed by atoms with Gasteiger partial charge in [-0.05, 0) is 47.4 Å². The molecule has 2 aromatic carbocycles. The molecule has 33 heavy (non-hydrogen) atoms. The van der Waals surface area contributed by atoms with Gasteiger partial charge in [0.05, 0.1) is 0 Å². The molecule has 0 aliphatic heterocycles. The van der Waals surface area contributed by atoms with Gasteiger partial charge in [0.2, 0.25) is 5.91 Å². The molecular formula is C26H30N2O5. The summed E-state index contributed by atoms with van der Waals surface area (Å²) in [6.07, 6.45) is 2.08. The third-order valence-electron chi connectivity index (χ3n) is 6.43. The van der Waals surface area contributed by atoms with Crippen LogP contribution in [0, 0.1) is 5.92 Å². The Kier molecular flexibility index (Phi) is 6.96. The number of nitrogens with zero attached hydrogens (tertiary/aromatic N) is 1. The summed E-state index contributed by atoms with van der Waals surface area (Å²) in [5.74, 6) is -0.922. The van der Waals surface area contributed by atoms with Gasteiger partial charge in [-0.2, -0.15) is 0 Å². The molecule has 174 valence electrons. The largest absolute Gasteiger partial charge is 0.480 e. The van der Waals surface area contributed by atoms with Crippen molar-refractivity contribution in [2.75, 3.05) is 19.7 Å². The molecule has 0 unspecified atom stereocenters. The monoisotopic (exact) mass is 450 g/mol. The van der Waals surface area contributed by atoms with E-state index in [4.69, 9.17) is 9.84 Å². The van der Waals surface area contributed by atoms with Gasteiger partial charge in [0.15, 0.2) is 0 Å². The zero-order chi connectivity index (χ0) is 23.4. The van der Waals surface area contributed by atoms with Crippen LogP contribution in [0.15, 0.2) is 48.5 Å². The summed E-state index contributed by atoms with van der Waals surface area (Å²) in [6, 6.07) is 15.9. The highest BCUT2D eigenvalue weighted by Gasteiger charge is 2.31. The van der Waals surface area contributed by atoms with Gasteiger partial charge in [-0.1, -0.05) is 55.5 Å². The van der Waals surface area contributed by atoms with Crippen LogP contribution in [0.5, 0.6) is 0 Å². The maximum absolute atomic E-state index is 12.7. The molecule has 7 nitrogen and oxygen atoms in total. The first-order chi connectivity index (χ1) is 16.0. The summed E-state index contributed by atoms with van der Waals surface area (Å²) in [4.78, 5) is 37.8. The molecule has 0 saturated heterocycles. The van der Waals surface area contributed by atoms with Gasteiger partial charge < -0.3 is 20.1 Å². The van der Waals surface area contributed by atoms with Crippen LogP contribution in [0.25, 0.3) is 11.1 Å². The normalized spacial score (nSPS) is 15.3. The Balaban J connectivity index is 1.34. The number of nitrogens with one attached hydrogen (secondary N) is 1. The Hall–Kier alpha value is -3.35. The van der Waals surface area contributed by atoms with E-state index >= 15 is 0 Å². The number of carbonyl (C=O) groups excluding carboxylic acids is 2. The summed E-state index contributed by atoms with van der Waals surface area (Å²) >= 11 is 0. The van der Waals surface area contributed by atoms with Crippen molar-refractivity contribution < 1.29 is 24.2 Å². The zero-order valence-corrected chi connectivity index (χ0v) is 18.8. The van der Waals surface area contributed by atoms with Crippen LogP contribution in [0.4, 0.5) is 4.79 Å². The number of carboxylic acids is 1. The first-order valence-electron chi connectivity index (χ1n) is 11.6. The molecule has 1 saturated carbocycles. The van der Waals surface area contributed by atoms with E-state index in [0.717, 1.165) is 35.1 Å². The molecule has 0 heterocycles. The highest BCUT2D eigenvalue weighted by atomic mass is 16.5. The van der Waals surface area contributed by atoms with E-state index in [-0.39, 0.29) is 31.4 Å². The van der Waals surface area contributed by atoms with Crippen LogP contribution >= 0.6 is 0 Å². The quantitative estimate of drug-likeness (QED) is 0.570. The fraction of sp³-hybridized carbons (Fsp3) is 0.423. The predicted molar refractivity (Wildman–Crippen MR) is 124 cm³/mol. The van der Waals surface area contributed by atoms with Crippen LogP contribution in [0.2, 0.25) is 0 Å². The Morgan fingerprint density at radius 1 is 1.06 bits per heavy atom. The van der Waals surface area contributed by atoms with Crippen molar-refractivity contribution in [2.45, 2.75) is 44.6 Å². The Morgan fingerprint density at radius 2 is 1.67 bits per heavy atom. The second kappa shape index (κ2) is 10.1. The molecule has 2 aliphatic rings. The Labute approximate surface area is 193 Å². The minimum Gasteiger partial charge on any atom is -0.480 e. The predicted octanol–water partition coefficient (Wildman–Crippen LogP) is 4.02. The van der Waals surface area contributed by atoms with Gasteiger partial charge in [-0.15, -0.1) is 0 Å². The Morgan fingerprint density at radius 3 is 2.21 bits per heavy atom. The average molecular weight is 451 g/mol. The number of hydrogen-bond donors (Lipinski definition) is 2. The van der Waals surface area contributed by atoms with Crippen molar-refractivity contribution in [2.24, 2.45) is 5.92 Å². The average Bonchev–Trinajstić information content (AvgIpc) is 3.57. The summed E-state index contributed by atoms with van der Waals surface area (Å²) in [6.45, 7) is 2.24. The highest BCUT2D eigenvalue weighted by Crippen LogP contribution is 2.44. The summed E-state index contributed by atoms with van der Waals surface area (Å²) in [7, 11) is 0. The minimum absolute atomic E-state index is 0.0329. The molecule has 7 heteroatoms. The van der Waals surface area contributed by atoms with Crippen molar-refractivity contribution in [3.8, 4) is 11.1 Å². The number of carbonyl (C=O) groups is 3. The lowest BCUT2D eigenvalue weighted by Gasteiger charge is -2.24. The van der Waals surface area contributed by atoms with Crippen molar-refractivity contribution in [1.82, 2.24) is 10.2 Å². The summed E-state index contributed by atoms with van der Waals surface area (Å²) in [5, 5.41) is 11.9. The number of rotatable bonds is 10. The molecule has 1 fully saturated rings. The van der Waals surface area contributed by atoms with Gasteiger partial charge in [0.25, 0.3) is 0 Å². The SMILES string of the molecule is CC[C@@H](CC(=O)N(CC(=O)O)CC1CC1)NC(=O)OCC1c2ccccc2-c2ccccc21. The fourth-order valence-electron chi connectivity index (χ4n) is 4.47. The van der Waals surface area contributed by atoms with E-state index in [9.17, 15) is 14.4 Å². The molecule has 2 amide bonds. The second-order valence-electron chi connectivity index (χ2n) is 8.89. The molecule has 2 N–H and O–H groups in total. The van der Waals surface area contributed by atoms with Crippen molar-refractivity contribution in [1.29, 1.82) is 0 Å². The smallest absolute Gasteiger partial charge is 0.407 e. The number of benzene rings is 2. The molecule has 0 spiro atoms. The molecule has 0 aromatic heterocycles. The van der Waals surface area contributed by atoms with E-state index in [1.54, 1.807) is 0 Å². The lowest BCUT2D eigenvalue weighted by Crippen LogP contribution is -2.43. The van der Waals surface area contributed by atoms with Crippen molar-refractivity contribution in [3.63, 3.8) is 0 Å². The van der Waals surface area contributed by atoms with E-state index < -0.39 is 18.1 Å². The van der Waals surface area contributed by atoms with Gasteiger partial charge in [-0.3, -0.25) is 9.59 Å². The number of amides is 2. The number of hydrogen-bond acceptors (Lipinski definition) is 4. The maximum Gasteiger partial charge on any atom is 0.407 e. The van der Waals surface area contributed by atoms with E-state index in [0.29, 0.717) is 18.9 Å². The van der Waals surface area contributed by atoms with Crippen LogP contribution < -0.4 is 5.32 Å². The third-order valence-corrected chi connectivity index (χ3v) is 6.43. The maximum atomic E-state index is 12.7. The van der Waals surface area contributed by atoms with Gasteiger partial charge in [0, 0.05) is 24.9 Å². The van der Waals surface area contributed by atoms with Crippen LogP contribution in [-0.4, -0.2) is 53.7 Å². The van der Waals surface area contributed by atoms with Gasteiger partial charge >= 0.3 is 12.1 Å². The lowest BCUT2D eigenvalue weighted by atomic mass is 9.98. The van der Waals surface area contributed by atoms with Crippen molar-refractivity contribution in [3.05, 3.63) is 59.7 Å². The summed E-state index contributed by atoms with van der Waals surface area (Å²) in [5.41, 5.74) is 4.60. The molecule has 1 atom stereocenters. The van der Waals surface area contributed by atoms with E-state index in [1.807, 2.05) is 31.2 Å². The van der Waals surface area contributed by atoms with E-state index in [1.165, 1.54) is 4.90 Å². The molecule has 2 aromatic rings. The molecular weight excluding hydrogens is 420 g/mol. The first-order valence-corrected chi connectivity index (χ1v) is 11.6. The molecule has 4 rings (SSSR count). The lowest BCUT2D eigenvalue weighted by molar-refractivity contribution is -0.144. The zero-order valence-electron chi connectivity index (χ0n) is 18.8. The minimum atomic E-state index is -1.03. The Bertz CT molecular complexity index is 987. The molecule has 2 aliphatic carbocycles. The highest BCUT2D eigenvalue weighted by molar-refractivity contribution is 5.82. The number of ether oxygens (including phenoxy) is 1. The molecule has 0 bridgehead atoms. The number of carboxylic acid groups (broad SMARTS) is 1. The topological polar surface area (TPSA) is 95.9 Å². The fourth-order valence-corrected chi connectivity index (χ4v) is 4.47. The van der Waals surface area contributed by atoms with Crippen molar-refractivity contribution >= 4 is 18.0 Å². The van der Waals surface area contributed by atoms with Crippen LogP contribution in [0.1, 0.15) is 49.7 Å². The number of fused-ring (bicyclic) bond motifs is 3. The molecule has 0 radical (unpaired) electrons. The number of alkyl carbamates (subject to hydrolysis) is 1.